The molecule has 0 fully saturated rings. The predicted molar refractivity (Wildman–Crippen MR) is 96.5 cm³/mol. The Kier molecular flexibility index (Phi) is 4.85. The molecule has 0 unspecified atom stereocenters. The van der Waals surface area contributed by atoms with Crippen molar-refractivity contribution in [1.29, 1.82) is 0 Å². The number of nitrogens with zero attached hydrogens (tertiary/aromatic N) is 4. The highest BCUT2D eigenvalue weighted by molar-refractivity contribution is 5.70. The van der Waals surface area contributed by atoms with Gasteiger partial charge in [0.25, 0.3) is 11.1 Å². The van der Waals surface area contributed by atoms with E-state index in [4.69, 9.17) is 4.74 Å². The van der Waals surface area contributed by atoms with Crippen LogP contribution in [0.2, 0.25) is 0 Å². The van der Waals surface area contributed by atoms with Gasteiger partial charge in [0.05, 0.1) is 6.54 Å². The summed E-state index contributed by atoms with van der Waals surface area (Å²) in [6.07, 6.45) is 1.74. The van der Waals surface area contributed by atoms with Gasteiger partial charge >= 0.3 is 0 Å². The topological polar surface area (TPSA) is 99.2 Å². The second kappa shape index (κ2) is 7.09. The van der Waals surface area contributed by atoms with Crippen molar-refractivity contribution in [3.8, 4) is 5.75 Å². The molecule has 0 amide bonds. The van der Waals surface area contributed by atoms with Crippen LogP contribution in [0.15, 0.2) is 40.2 Å². The van der Waals surface area contributed by atoms with Crippen LogP contribution >= 0.6 is 0 Å². The molecule has 0 spiro atoms. The number of aryl methyl sites for hydroxylation is 2. The fraction of sp³-hybridized carbons (Fsp3) is 0.333. The zero-order chi connectivity index (χ0) is 18.8. The number of hydrogen-bond donors (Lipinski definition) is 1. The zero-order valence-electron chi connectivity index (χ0n) is 14.8. The minimum Gasteiger partial charge on any atom is -0.491 e. The van der Waals surface area contributed by atoms with Gasteiger partial charge < -0.3 is 9.84 Å². The van der Waals surface area contributed by atoms with Crippen molar-refractivity contribution in [2.75, 3.05) is 6.61 Å². The molecule has 1 aromatic carbocycles. The van der Waals surface area contributed by atoms with E-state index in [1.54, 1.807) is 0 Å². The third kappa shape index (κ3) is 3.36. The number of aromatic nitrogens is 4. The summed E-state index contributed by atoms with van der Waals surface area (Å²) in [7, 11) is 1.45. The number of rotatable bonds is 5. The Morgan fingerprint density at radius 2 is 1.77 bits per heavy atom. The quantitative estimate of drug-likeness (QED) is 0.717. The summed E-state index contributed by atoms with van der Waals surface area (Å²) in [5.74, 6) is 0.676. The van der Waals surface area contributed by atoms with E-state index in [-0.39, 0.29) is 24.2 Å². The highest BCUT2D eigenvalue weighted by atomic mass is 16.5. The van der Waals surface area contributed by atoms with Crippen LogP contribution in [0.5, 0.6) is 5.75 Å². The Bertz CT molecular complexity index is 1070. The third-order valence-electron chi connectivity index (χ3n) is 4.15. The van der Waals surface area contributed by atoms with E-state index in [9.17, 15) is 14.7 Å². The molecular weight excluding hydrogens is 336 g/mol. The lowest BCUT2D eigenvalue weighted by molar-refractivity contribution is 0.0840. The van der Waals surface area contributed by atoms with E-state index in [1.807, 2.05) is 32.0 Å². The lowest BCUT2D eigenvalue weighted by Crippen LogP contribution is -2.41. The van der Waals surface area contributed by atoms with Gasteiger partial charge in [0.2, 0.25) is 0 Å². The second-order valence-electron chi connectivity index (χ2n) is 6.20. The van der Waals surface area contributed by atoms with Gasteiger partial charge in [0.15, 0.2) is 11.0 Å². The average Bonchev–Trinajstić information content (AvgIpc) is 2.64. The van der Waals surface area contributed by atoms with Crippen molar-refractivity contribution in [1.82, 2.24) is 19.3 Å². The molecular formula is C18H20N4O4. The summed E-state index contributed by atoms with van der Waals surface area (Å²) in [4.78, 5) is 32.8. The van der Waals surface area contributed by atoms with Gasteiger partial charge in [-0.25, -0.2) is 19.3 Å². The summed E-state index contributed by atoms with van der Waals surface area (Å²) in [6, 6.07) is 5.80. The predicted octanol–water partition coefficient (Wildman–Crippen LogP) is 0.547. The maximum atomic E-state index is 12.6. The van der Waals surface area contributed by atoms with Crippen LogP contribution in [0.25, 0.3) is 11.0 Å². The summed E-state index contributed by atoms with van der Waals surface area (Å²) in [5, 5.41) is 10.3. The fourth-order valence-corrected chi connectivity index (χ4v) is 2.68. The maximum Gasteiger partial charge on any atom is 0.293 e. The van der Waals surface area contributed by atoms with Crippen LogP contribution in [0, 0.1) is 13.8 Å². The van der Waals surface area contributed by atoms with Crippen molar-refractivity contribution in [3.05, 3.63) is 62.4 Å². The van der Waals surface area contributed by atoms with E-state index in [1.165, 1.54) is 19.4 Å². The van der Waals surface area contributed by atoms with Crippen molar-refractivity contribution in [2.24, 2.45) is 7.05 Å². The first kappa shape index (κ1) is 17.8. The molecule has 2 heterocycles. The fourth-order valence-electron chi connectivity index (χ4n) is 2.68. The van der Waals surface area contributed by atoms with Crippen molar-refractivity contribution >= 4 is 11.0 Å². The molecule has 1 N–H and O–H groups in total. The van der Waals surface area contributed by atoms with Gasteiger partial charge in [0, 0.05) is 19.4 Å². The standard InChI is InChI=1S/C18H20N4O4/c1-11-4-5-12(2)14(8-11)26-10-13(23)9-22-18(25)16-15(17(24)21(22)3)19-6-7-20-16/h4-8,13,23H,9-10H2,1-3H3/t13-/m1/s1. The Labute approximate surface area is 149 Å². The van der Waals surface area contributed by atoms with Crippen LogP contribution in [-0.2, 0) is 13.6 Å². The molecule has 8 heteroatoms. The molecule has 0 bridgehead atoms. The normalized spacial score (nSPS) is 12.3. The number of ether oxygens (including phenoxy) is 1. The lowest BCUT2D eigenvalue weighted by Gasteiger charge is -2.17. The van der Waals surface area contributed by atoms with Crippen LogP contribution in [-0.4, -0.2) is 37.1 Å². The van der Waals surface area contributed by atoms with Crippen LogP contribution in [0.4, 0.5) is 0 Å². The van der Waals surface area contributed by atoms with Crippen molar-refractivity contribution in [2.45, 2.75) is 26.5 Å². The molecule has 0 radical (unpaired) electrons. The third-order valence-corrected chi connectivity index (χ3v) is 4.15. The number of fused-ring (bicyclic) bond motifs is 1. The molecule has 0 saturated carbocycles. The number of aliphatic hydroxyl groups is 1. The molecule has 136 valence electrons. The van der Waals surface area contributed by atoms with E-state index in [2.05, 4.69) is 9.97 Å². The van der Waals surface area contributed by atoms with E-state index in [0.717, 1.165) is 20.5 Å². The Hall–Kier alpha value is -3.00. The van der Waals surface area contributed by atoms with Gasteiger partial charge in [-0.05, 0) is 31.0 Å². The van der Waals surface area contributed by atoms with Crippen LogP contribution in [0.1, 0.15) is 11.1 Å². The highest BCUT2D eigenvalue weighted by Crippen LogP contribution is 2.19. The summed E-state index contributed by atoms with van der Waals surface area (Å²) < 4.78 is 7.96. The smallest absolute Gasteiger partial charge is 0.293 e. The van der Waals surface area contributed by atoms with E-state index in [0.29, 0.717) is 5.75 Å². The first-order valence-corrected chi connectivity index (χ1v) is 8.17. The Balaban J connectivity index is 1.83. The maximum absolute atomic E-state index is 12.6. The lowest BCUT2D eigenvalue weighted by atomic mass is 10.1. The molecule has 0 aliphatic rings. The second-order valence-corrected chi connectivity index (χ2v) is 6.20. The molecule has 0 aliphatic carbocycles. The summed E-state index contributed by atoms with van der Waals surface area (Å²) in [6.45, 7) is 3.76. The Morgan fingerprint density at radius 3 is 2.46 bits per heavy atom. The molecule has 26 heavy (non-hydrogen) atoms. The minimum absolute atomic E-state index is 0.0105. The van der Waals surface area contributed by atoms with E-state index >= 15 is 0 Å². The van der Waals surface area contributed by atoms with E-state index < -0.39 is 17.2 Å². The molecule has 8 nitrogen and oxygen atoms in total. The van der Waals surface area contributed by atoms with Crippen molar-refractivity contribution in [3.63, 3.8) is 0 Å². The van der Waals surface area contributed by atoms with Gasteiger partial charge in [-0.3, -0.25) is 9.59 Å². The molecule has 0 saturated heterocycles. The molecule has 0 aliphatic heterocycles. The monoisotopic (exact) mass is 356 g/mol. The molecule has 2 aromatic heterocycles. The van der Waals surface area contributed by atoms with Crippen LogP contribution < -0.4 is 15.9 Å². The first-order chi connectivity index (χ1) is 12.4. The summed E-state index contributed by atoms with van der Waals surface area (Å²) in [5.41, 5.74) is 1.06. The van der Waals surface area contributed by atoms with Crippen LogP contribution in [0.3, 0.4) is 0 Å². The molecule has 1 atom stereocenters. The zero-order valence-corrected chi connectivity index (χ0v) is 14.8. The largest absolute Gasteiger partial charge is 0.491 e. The molecule has 3 rings (SSSR count). The first-order valence-electron chi connectivity index (χ1n) is 8.17. The van der Waals surface area contributed by atoms with Gasteiger partial charge in [-0.1, -0.05) is 12.1 Å². The average molecular weight is 356 g/mol. The van der Waals surface area contributed by atoms with Gasteiger partial charge in [-0.2, -0.15) is 0 Å². The minimum atomic E-state index is -0.979. The summed E-state index contributed by atoms with van der Waals surface area (Å²) >= 11 is 0. The SMILES string of the molecule is Cc1ccc(C)c(OC[C@H](O)Cn2c(=O)c3nccnc3c(=O)n2C)c1. The Morgan fingerprint density at radius 1 is 1.12 bits per heavy atom. The van der Waals surface area contributed by atoms with Crippen molar-refractivity contribution < 1.29 is 9.84 Å². The molecule has 3 aromatic rings. The number of benzene rings is 1. The van der Waals surface area contributed by atoms with Gasteiger partial charge in [-0.15, -0.1) is 0 Å². The number of hydrogen-bond acceptors (Lipinski definition) is 6. The highest BCUT2D eigenvalue weighted by Gasteiger charge is 2.16. The van der Waals surface area contributed by atoms with Gasteiger partial charge in [0.1, 0.15) is 18.5 Å². The number of aliphatic hydroxyl groups excluding tert-OH is 1.